The summed E-state index contributed by atoms with van der Waals surface area (Å²) < 4.78 is 24.6. The number of nitrogens with zero attached hydrogens (tertiary/aromatic N) is 6. The topological polar surface area (TPSA) is 78.1 Å². The minimum atomic E-state index is -0.502. The maximum Gasteiger partial charge on any atom is 0.261 e. The number of benzene rings is 1. The molecule has 10 heteroatoms. The Bertz CT molecular complexity index is 1500. The number of pyridine rings is 1. The van der Waals surface area contributed by atoms with Gasteiger partial charge in [-0.05, 0) is 37.1 Å². The molecule has 0 spiro atoms. The lowest BCUT2D eigenvalue weighted by Gasteiger charge is -2.33. The van der Waals surface area contributed by atoms with Crippen molar-refractivity contribution in [2.24, 2.45) is 7.05 Å². The summed E-state index contributed by atoms with van der Waals surface area (Å²) in [5, 5.41) is 4.99. The molecule has 0 N–H and O–H groups in total. The largest absolute Gasteiger partial charge is 0.370 e. The third-order valence-electron chi connectivity index (χ3n) is 6.71. The van der Waals surface area contributed by atoms with Gasteiger partial charge in [0, 0.05) is 55.4 Å². The van der Waals surface area contributed by atoms with Gasteiger partial charge in [0.25, 0.3) is 5.56 Å². The summed E-state index contributed by atoms with van der Waals surface area (Å²) in [5.41, 5.74) is 1.90. The van der Waals surface area contributed by atoms with Crippen molar-refractivity contribution in [3.8, 4) is 11.3 Å². The lowest BCUT2D eigenvalue weighted by atomic mass is 10.1. The van der Waals surface area contributed by atoms with Crippen LogP contribution in [0.4, 0.5) is 10.2 Å². The first kappa shape index (κ1) is 22.2. The van der Waals surface area contributed by atoms with Crippen molar-refractivity contribution >= 4 is 28.3 Å². The fraction of sp³-hybridized carbons (Fsp3) is 0.360. The van der Waals surface area contributed by atoms with Crippen molar-refractivity contribution in [3.05, 3.63) is 69.2 Å². The van der Waals surface area contributed by atoms with Crippen LogP contribution in [0.2, 0.25) is 5.02 Å². The Morgan fingerprint density at radius 1 is 1.17 bits per heavy atom. The highest BCUT2D eigenvalue weighted by molar-refractivity contribution is 6.30. The lowest BCUT2D eigenvalue weighted by molar-refractivity contribution is 0.0395. The molecule has 0 amide bonds. The van der Waals surface area contributed by atoms with E-state index in [1.807, 2.05) is 13.2 Å². The van der Waals surface area contributed by atoms with Crippen LogP contribution in [-0.2, 0) is 24.8 Å². The smallest absolute Gasteiger partial charge is 0.261 e. The van der Waals surface area contributed by atoms with Gasteiger partial charge in [-0.2, -0.15) is 5.10 Å². The number of fused-ring (bicyclic) bond motifs is 2. The van der Waals surface area contributed by atoms with E-state index in [1.165, 1.54) is 6.07 Å². The summed E-state index contributed by atoms with van der Waals surface area (Å²) in [7, 11) is 1.86. The molecule has 1 atom stereocenters. The number of hydrogen-bond donors (Lipinski definition) is 0. The molecule has 5 heterocycles. The average molecular weight is 495 g/mol. The summed E-state index contributed by atoms with van der Waals surface area (Å²) in [6.45, 7) is 2.26. The van der Waals surface area contributed by atoms with Crippen LogP contribution in [0, 0.1) is 5.82 Å². The minimum Gasteiger partial charge on any atom is -0.370 e. The molecule has 0 saturated carbocycles. The van der Waals surface area contributed by atoms with E-state index in [4.69, 9.17) is 26.3 Å². The van der Waals surface area contributed by atoms with Crippen LogP contribution in [0.15, 0.2) is 41.5 Å². The first-order valence-electron chi connectivity index (χ1n) is 11.7. The van der Waals surface area contributed by atoms with E-state index in [-0.39, 0.29) is 17.2 Å². The molecule has 35 heavy (non-hydrogen) atoms. The third-order valence-corrected chi connectivity index (χ3v) is 6.95. The van der Waals surface area contributed by atoms with Gasteiger partial charge in [-0.1, -0.05) is 11.6 Å². The zero-order valence-electron chi connectivity index (χ0n) is 19.2. The van der Waals surface area contributed by atoms with E-state index < -0.39 is 5.82 Å². The summed E-state index contributed by atoms with van der Waals surface area (Å²) in [6.07, 6.45) is 6.16. The molecule has 8 nitrogen and oxygen atoms in total. The van der Waals surface area contributed by atoms with Crippen molar-refractivity contribution in [2.45, 2.75) is 31.9 Å². The first-order valence-corrected chi connectivity index (χ1v) is 12.1. The Balaban J connectivity index is 1.52. The second-order valence-electron chi connectivity index (χ2n) is 9.04. The second-order valence-corrected chi connectivity index (χ2v) is 9.48. The summed E-state index contributed by atoms with van der Waals surface area (Å²) in [5.74, 6) is 0.814. The van der Waals surface area contributed by atoms with E-state index in [1.54, 1.807) is 33.6 Å². The number of aryl methyl sites for hydroxylation is 2. The number of rotatable bonds is 3. The average Bonchev–Trinajstić information content (AvgIpc) is 3.30. The van der Waals surface area contributed by atoms with Gasteiger partial charge in [-0.15, -0.1) is 0 Å². The molecule has 3 aromatic heterocycles. The molecular weight excluding hydrogens is 471 g/mol. The first-order chi connectivity index (χ1) is 17.0. The fourth-order valence-corrected chi connectivity index (χ4v) is 5.08. The lowest BCUT2D eigenvalue weighted by Crippen LogP contribution is -2.39. The molecule has 0 unspecified atom stereocenters. The fourth-order valence-electron chi connectivity index (χ4n) is 4.92. The molecule has 0 radical (unpaired) electrons. The molecule has 0 bridgehead atoms. The number of aromatic nitrogens is 5. The highest BCUT2D eigenvalue weighted by atomic mass is 35.5. The highest BCUT2D eigenvalue weighted by Gasteiger charge is 2.27. The SMILES string of the molecule is Cn1cc([C@@H]2CN(c3cc4c(=O)n5c(nc4c(-c4ccc(Cl)cc4F)n3)CCCC5)CCO2)cn1. The van der Waals surface area contributed by atoms with E-state index in [9.17, 15) is 4.79 Å². The van der Waals surface area contributed by atoms with Crippen LogP contribution in [-0.4, -0.2) is 44.0 Å². The summed E-state index contributed by atoms with van der Waals surface area (Å²) >= 11 is 6.01. The van der Waals surface area contributed by atoms with Gasteiger partial charge < -0.3 is 9.64 Å². The van der Waals surface area contributed by atoms with Crippen LogP contribution in [0.3, 0.4) is 0 Å². The zero-order chi connectivity index (χ0) is 24.1. The predicted molar refractivity (Wildman–Crippen MR) is 131 cm³/mol. The maximum absolute atomic E-state index is 15.1. The van der Waals surface area contributed by atoms with E-state index in [2.05, 4.69) is 10.00 Å². The van der Waals surface area contributed by atoms with Crippen molar-refractivity contribution < 1.29 is 9.13 Å². The Morgan fingerprint density at radius 3 is 2.86 bits per heavy atom. The normalized spacial score (nSPS) is 18.1. The van der Waals surface area contributed by atoms with E-state index in [0.29, 0.717) is 60.1 Å². The number of hydrogen-bond acceptors (Lipinski definition) is 6. The molecule has 4 aromatic rings. The minimum absolute atomic E-state index is 0.110. The van der Waals surface area contributed by atoms with Gasteiger partial charge in [0.05, 0.1) is 18.2 Å². The van der Waals surface area contributed by atoms with Crippen molar-refractivity contribution in [2.75, 3.05) is 24.6 Å². The highest BCUT2D eigenvalue weighted by Crippen LogP contribution is 2.33. The van der Waals surface area contributed by atoms with Crippen molar-refractivity contribution in [3.63, 3.8) is 0 Å². The van der Waals surface area contributed by atoms with Crippen molar-refractivity contribution in [1.82, 2.24) is 24.3 Å². The Labute approximate surface area is 205 Å². The van der Waals surface area contributed by atoms with E-state index >= 15 is 4.39 Å². The monoisotopic (exact) mass is 494 g/mol. The molecule has 6 rings (SSSR count). The van der Waals surface area contributed by atoms with Crippen molar-refractivity contribution in [1.29, 1.82) is 0 Å². The van der Waals surface area contributed by atoms with Crippen LogP contribution < -0.4 is 10.5 Å². The zero-order valence-corrected chi connectivity index (χ0v) is 20.0. The predicted octanol–water partition coefficient (Wildman–Crippen LogP) is 3.90. The Kier molecular flexibility index (Phi) is 5.53. The Hall–Kier alpha value is -3.30. The number of halogens is 2. The second kappa shape index (κ2) is 8.73. The number of ether oxygens (including phenoxy) is 1. The van der Waals surface area contributed by atoms with E-state index in [0.717, 1.165) is 24.2 Å². The van der Waals surface area contributed by atoms with Gasteiger partial charge >= 0.3 is 0 Å². The van der Waals surface area contributed by atoms with Gasteiger partial charge in [0.2, 0.25) is 0 Å². The van der Waals surface area contributed by atoms with Crippen LogP contribution >= 0.6 is 11.6 Å². The quantitative estimate of drug-likeness (QED) is 0.430. The molecule has 2 aliphatic heterocycles. The van der Waals surface area contributed by atoms with Crippen LogP contribution in [0.1, 0.15) is 30.3 Å². The van der Waals surface area contributed by atoms with Gasteiger partial charge in [0.15, 0.2) is 0 Å². The van der Waals surface area contributed by atoms with Gasteiger partial charge in [-0.3, -0.25) is 14.0 Å². The summed E-state index contributed by atoms with van der Waals surface area (Å²) in [6, 6.07) is 6.27. The third kappa shape index (κ3) is 3.98. The molecule has 0 aliphatic carbocycles. The summed E-state index contributed by atoms with van der Waals surface area (Å²) in [4.78, 5) is 25.3. The molecule has 1 saturated heterocycles. The molecule has 180 valence electrons. The molecule has 1 aromatic carbocycles. The molecule has 2 aliphatic rings. The van der Waals surface area contributed by atoms with Gasteiger partial charge in [0.1, 0.15) is 34.8 Å². The standard InChI is InChI=1S/C25H24ClFN6O2/c1-31-13-15(12-28-31)20-14-32(8-9-35-20)22-11-18-24(29-21-4-2-3-7-33(21)25(18)34)23(30-22)17-6-5-16(26)10-19(17)27/h5-6,10-13,20H,2-4,7-9,14H2,1H3/t20-/m0/s1. The van der Waals surface area contributed by atoms with Crippen LogP contribution in [0.5, 0.6) is 0 Å². The Morgan fingerprint density at radius 2 is 2.06 bits per heavy atom. The molecule has 1 fully saturated rings. The van der Waals surface area contributed by atoms with Crippen LogP contribution in [0.25, 0.3) is 22.2 Å². The number of morpholine rings is 1. The maximum atomic E-state index is 15.1. The van der Waals surface area contributed by atoms with Gasteiger partial charge in [-0.25, -0.2) is 14.4 Å². The molecular formula is C25H24ClFN6O2. The number of anilines is 1.